The Morgan fingerprint density at radius 3 is 2.52 bits per heavy atom. The predicted molar refractivity (Wildman–Crippen MR) is 119 cm³/mol. The molecule has 1 aromatic carbocycles. The summed E-state index contributed by atoms with van der Waals surface area (Å²) >= 11 is 1.73. The summed E-state index contributed by atoms with van der Waals surface area (Å²) in [6, 6.07) is 6.80. The minimum Gasteiger partial charge on any atom is -0.365 e. The Labute approximate surface area is 186 Å². The molecule has 0 N–H and O–H groups in total. The quantitative estimate of drug-likeness (QED) is 0.467. The van der Waals surface area contributed by atoms with Gasteiger partial charge in [0.1, 0.15) is 6.10 Å². The second-order valence-electron chi connectivity index (χ2n) is 8.20. The number of ether oxygens (including phenoxy) is 1. The summed E-state index contributed by atoms with van der Waals surface area (Å²) in [6.07, 6.45) is 3.68. The van der Waals surface area contributed by atoms with Gasteiger partial charge in [-0.2, -0.15) is 9.97 Å². The van der Waals surface area contributed by atoms with Gasteiger partial charge in [0.05, 0.1) is 6.10 Å². The molecule has 1 aliphatic heterocycles. The maximum absolute atomic E-state index is 6.22. The van der Waals surface area contributed by atoms with E-state index in [4.69, 9.17) is 13.8 Å². The third-order valence-corrected chi connectivity index (χ3v) is 6.40. The second-order valence-corrected chi connectivity index (χ2v) is 9.04. The van der Waals surface area contributed by atoms with Crippen molar-refractivity contribution < 1.29 is 13.8 Å². The lowest BCUT2D eigenvalue weighted by atomic mass is 10.1. The van der Waals surface area contributed by atoms with Crippen molar-refractivity contribution in [2.75, 3.05) is 24.2 Å². The Morgan fingerprint density at radius 1 is 1.10 bits per heavy atom. The zero-order valence-electron chi connectivity index (χ0n) is 18.7. The Hall–Kier alpha value is -2.39. The predicted octanol–water partition coefficient (Wildman–Crippen LogP) is 5.02. The molecule has 0 radical (unpaired) electrons. The van der Waals surface area contributed by atoms with Gasteiger partial charge in [-0.3, -0.25) is 0 Å². The first-order chi connectivity index (χ1) is 14.9. The van der Waals surface area contributed by atoms with Crippen LogP contribution in [-0.4, -0.2) is 45.7 Å². The van der Waals surface area contributed by atoms with Gasteiger partial charge in [0.2, 0.25) is 5.82 Å². The summed E-state index contributed by atoms with van der Waals surface area (Å²) in [7, 11) is 0. The first-order valence-corrected chi connectivity index (χ1v) is 11.9. The smallest absolute Gasteiger partial charge is 0.324 e. The van der Waals surface area contributed by atoms with Crippen LogP contribution >= 0.6 is 11.8 Å². The standard InChI is InChI=1S/C22H29N5O3S/c1-13(2)19-24-22(30-25-19)27-10-8-17(9-11-27)28-15(4)21-23-20(26-29-21)16-6-7-18(31-5)14(3)12-16/h6-7,12-13,15,17H,8-11H2,1-5H3. The maximum atomic E-state index is 6.22. The fraction of sp³-hybridized carbons (Fsp3) is 0.545. The van der Waals surface area contributed by atoms with E-state index < -0.39 is 0 Å². The largest absolute Gasteiger partial charge is 0.365 e. The molecule has 3 aromatic rings. The number of thioether (sulfide) groups is 1. The molecule has 0 amide bonds. The molecular weight excluding hydrogens is 414 g/mol. The van der Waals surface area contributed by atoms with Crippen molar-refractivity contribution in [1.82, 2.24) is 20.3 Å². The molecule has 4 rings (SSSR count). The number of piperidine rings is 1. The van der Waals surface area contributed by atoms with E-state index in [1.807, 2.05) is 13.0 Å². The number of rotatable bonds is 7. The molecule has 31 heavy (non-hydrogen) atoms. The lowest BCUT2D eigenvalue weighted by Gasteiger charge is -2.31. The minimum atomic E-state index is -0.264. The molecule has 0 saturated carbocycles. The Kier molecular flexibility index (Phi) is 6.62. The van der Waals surface area contributed by atoms with Crippen LogP contribution in [-0.2, 0) is 4.74 Å². The molecule has 0 spiro atoms. The van der Waals surface area contributed by atoms with Crippen LogP contribution in [0, 0.1) is 6.92 Å². The molecule has 9 heteroatoms. The third kappa shape index (κ3) is 4.93. The van der Waals surface area contributed by atoms with Crippen molar-refractivity contribution in [1.29, 1.82) is 0 Å². The molecule has 166 valence electrons. The highest BCUT2D eigenvalue weighted by atomic mass is 32.2. The number of aryl methyl sites for hydroxylation is 1. The van der Waals surface area contributed by atoms with Crippen molar-refractivity contribution in [2.24, 2.45) is 0 Å². The van der Waals surface area contributed by atoms with Crippen LogP contribution in [0.2, 0.25) is 0 Å². The van der Waals surface area contributed by atoms with E-state index in [0.29, 0.717) is 17.7 Å². The zero-order chi connectivity index (χ0) is 22.0. The lowest BCUT2D eigenvalue weighted by Crippen LogP contribution is -2.37. The number of aromatic nitrogens is 4. The summed E-state index contributed by atoms with van der Waals surface area (Å²) in [6.45, 7) is 9.78. The van der Waals surface area contributed by atoms with Crippen LogP contribution in [0.3, 0.4) is 0 Å². The molecule has 2 aromatic heterocycles. The monoisotopic (exact) mass is 443 g/mol. The van der Waals surface area contributed by atoms with Crippen molar-refractivity contribution >= 4 is 17.8 Å². The van der Waals surface area contributed by atoms with Gasteiger partial charge in [-0.1, -0.05) is 24.2 Å². The van der Waals surface area contributed by atoms with E-state index in [1.165, 1.54) is 10.5 Å². The van der Waals surface area contributed by atoms with Gasteiger partial charge in [-0.25, -0.2) is 0 Å². The van der Waals surface area contributed by atoms with E-state index in [2.05, 4.69) is 64.3 Å². The summed E-state index contributed by atoms with van der Waals surface area (Å²) in [5.74, 6) is 2.09. The molecule has 1 saturated heterocycles. The third-order valence-electron chi connectivity index (χ3n) is 5.50. The van der Waals surface area contributed by atoms with Gasteiger partial charge in [-0.05, 0) is 56.7 Å². The fourth-order valence-corrected chi connectivity index (χ4v) is 4.24. The Balaban J connectivity index is 1.33. The summed E-state index contributed by atoms with van der Waals surface area (Å²) in [5, 5.41) is 8.21. The normalized spacial score (nSPS) is 16.3. The highest BCUT2D eigenvalue weighted by molar-refractivity contribution is 7.98. The molecule has 1 fully saturated rings. The van der Waals surface area contributed by atoms with Crippen molar-refractivity contribution in [3.05, 3.63) is 35.5 Å². The Morgan fingerprint density at radius 2 is 1.87 bits per heavy atom. The van der Waals surface area contributed by atoms with Crippen molar-refractivity contribution in [3.8, 4) is 11.4 Å². The van der Waals surface area contributed by atoms with Crippen LogP contribution < -0.4 is 4.90 Å². The van der Waals surface area contributed by atoms with Crippen molar-refractivity contribution in [3.63, 3.8) is 0 Å². The molecule has 0 bridgehead atoms. The van der Waals surface area contributed by atoms with E-state index in [-0.39, 0.29) is 18.1 Å². The second kappa shape index (κ2) is 9.40. The first kappa shape index (κ1) is 21.8. The van der Waals surface area contributed by atoms with E-state index in [1.54, 1.807) is 11.8 Å². The zero-order valence-corrected chi connectivity index (χ0v) is 19.5. The van der Waals surface area contributed by atoms with Crippen molar-refractivity contribution in [2.45, 2.75) is 63.6 Å². The average Bonchev–Trinajstić information content (AvgIpc) is 3.45. The summed E-state index contributed by atoms with van der Waals surface area (Å²) in [4.78, 5) is 12.4. The van der Waals surface area contributed by atoms with E-state index in [0.717, 1.165) is 37.3 Å². The Bertz CT molecular complexity index is 1010. The van der Waals surface area contributed by atoms with Crippen LogP contribution in [0.1, 0.15) is 62.9 Å². The number of hydrogen-bond donors (Lipinski definition) is 0. The molecule has 1 unspecified atom stereocenters. The highest BCUT2D eigenvalue weighted by Crippen LogP contribution is 2.28. The van der Waals surface area contributed by atoms with Gasteiger partial charge in [0.25, 0.3) is 5.89 Å². The molecule has 0 aliphatic carbocycles. The topological polar surface area (TPSA) is 90.3 Å². The number of nitrogens with zero attached hydrogens (tertiary/aromatic N) is 5. The van der Waals surface area contributed by atoms with Gasteiger partial charge < -0.3 is 18.7 Å². The number of anilines is 1. The molecule has 3 heterocycles. The van der Waals surface area contributed by atoms with Crippen LogP contribution in [0.15, 0.2) is 32.1 Å². The SMILES string of the molecule is CSc1ccc(-c2noc(C(C)OC3CCN(c4nc(C(C)C)no4)CC3)n2)cc1C. The summed E-state index contributed by atoms with van der Waals surface area (Å²) in [5.41, 5.74) is 2.15. The van der Waals surface area contributed by atoms with E-state index >= 15 is 0 Å². The van der Waals surface area contributed by atoms with Crippen LogP contribution in [0.4, 0.5) is 6.01 Å². The minimum absolute atomic E-state index is 0.122. The first-order valence-electron chi connectivity index (χ1n) is 10.7. The van der Waals surface area contributed by atoms with Gasteiger partial charge in [-0.15, -0.1) is 11.8 Å². The number of benzene rings is 1. The molecule has 8 nitrogen and oxygen atoms in total. The van der Waals surface area contributed by atoms with E-state index in [9.17, 15) is 0 Å². The molecular formula is C22H29N5O3S. The number of hydrogen-bond acceptors (Lipinski definition) is 9. The fourth-order valence-electron chi connectivity index (χ4n) is 3.65. The van der Waals surface area contributed by atoms with Gasteiger partial charge in [0.15, 0.2) is 5.82 Å². The maximum Gasteiger partial charge on any atom is 0.324 e. The molecule has 1 atom stereocenters. The lowest BCUT2D eigenvalue weighted by molar-refractivity contribution is -0.0303. The highest BCUT2D eigenvalue weighted by Gasteiger charge is 2.27. The van der Waals surface area contributed by atoms with Gasteiger partial charge >= 0.3 is 6.01 Å². The molecule has 1 aliphatic rings. The van der Waals surface area contributed by atoms with Crippen LogP contribution in [0.25, 0.3) is 11.4 Å². The van der Waals surface area contributed by atoms with Gasteiger partial charge in [0, 0.05) is 29.5 Å². The average molecular weight is 444 g/mol. The summed E-state index contributed by atoms with van der Waals surface area (Å²) < 4.78 is 17.1. The van der Waals surface area contributed by atoms with Crippen LogP contribution in [0.5, 0.6) is 0 Å².